The fourth-order valence-corrected chi connectivity index (χ4v) is 2.38. The van der Waals surface area contributed by atoms with E-state index in [1.54, 1.807) is 4.90 Å². The van der Waals surface area contributed by atoms with E-state index in [0.29, 0.717) is 18.2 Å². The second kappa shape index (κ2) is 7.13. The predicted octanol–water partition coefficient (Wildman–Crippen LogP) is 3.30. The summed E-state index contributed by atoms with van der Waals surface area (Å²) in [6.07, 6.45) is 5.60. The zero-order chi connectivity index (χ0) is 16.2. The number of nitrogens with zero attached hydrogens (tertiary/aromatic N) is 3. The average Bonchev–Trinajstić information content (AvgIpc) is 2.45. The second-order valence-electron chi connectivity index (χ2n) is 6.32. The number of ether oxygens (including phenoxy) is 2. The summed E-state index contributed by atoms with van der Waals surface area (Å²) in [5.41, 5.74) is -0.501. The van der Waals surface area contributed by atoms with Crippen LogP contribution in [0.4, 0.5) is 4.79 Å². The van der Waals surface area contributed by atoms with E-state index >= 15 is 0 Å². The fourth-order valence-electron chi connectivity index (χ4n) is 2.28. The minimum atomic E-state index is -0.501. The van der Waals surface area contributed by atoms with Crippen LogP contribution < -0.4 is 4.74 Å². The van der Waals surface area contributed by atoms with Crippen molar-refractivity contribution in [1.29, 1.82) is 0 Å². The number of amides is 1. The summed E-state index contributed by atoms with van der Waals surface area (Å²) in [7, 11) is 0. The van der Waals surface area contributed by atoms with Crippen LogP contribution in [0, 0.1) is 0 Å². The van der Waals surface area contributed by atoms with Gasteiger partial charge in [-0.05, 0) is 40.0 Å². The molecule has 1 saturated heterocycles. The van der Waals surface area contributed by atoms with Gasteiger partial charge < -0.3 is 14.4 Å². The lowest BCUT2D eigenvalue weighted by molar-refractivity contribution is 0.00306. The highest BCUT2D eigenvalue weighted by Crippen LogP contribution is 2.21. The van der Waals surface area contributed by atoms with E-state index in [2.05, 4.69) is 9.97 Å². The number of piperidine rings is 1. The van der Waals surface area contributed by atoms with Gasteiger partial charge in [0.2, 0.25) is 0 Å². The summed E-state index contributed by atoms with van der Waals surface area (Å²) in [6, 6.07) is 0.238. The molecule has 6 nitrogen and oxygen atoms in total. The first kappa shape index (κ1) is 16.8. The van der Waals surface area contributed by atoms with Gasteiger partial charge in [0.05, 0.1) is 23.5 Å². The summed E-state index contributed by atoms with van der Waals surface area (Å²) < 4.78 is 11.0. The molecule has 0 radical (unpaired) electrons. The standard InChI is InChI=1S/C15H22ClN3O3/c1-15(2,3)22-14(20)19-7-5-4-6-12(19)10-21-13-17-8-11(16)9-18-13/h8-9,12H,4-7,10H2,1-3H3/t12-/m1/s1. The molecule has 1 fully saturated rings. The molecule has 1 aromatic heterocycles. The number of carbonyl (C=O) groups excluding carboxylic acids is 1. The number of hydrogen-bond acceptors (Lipinski definition) is 5. The molecule has 0 saturated carbocycles. The van der Waals surface area contributed by atoms with Gasteiger partial charge in [-0.3, -0.25) is 0 Å². The van der Waals surface area contributed by atoms with Gasteiger partial charge in [0.15, 0.2) is 0 Å². The highest BCUT2D eigenvalue weighted by molar-refractivity contribution is 6.30. The Morgan fingerprint density at radius 3 is 2.68 bits per heavy atom. The first-order valence-electron chi connectivity index (χ1n) is 7.45. The lowest BCUT2D eigenvalue weighted by Crippen LogP contribution is -2.48. The zero-order valence-electron chi connectivity index (χ0n) is 13.2. The molecule has 22 heavy (non-hydrogen) atoms. The van der Waals surface area contributed by atoms with Crippen LogP contribution >= 0.6 is 11.6 Å². The van der Waals surface area contributed by atoms with Gasteiger partial charge in [0, 0.05) is 6.54 Å². The molecule has 1 atom stereocenters. The minimum absolute atomic E-state index is 0.0251. The Morgan fingerprint density at radius 2 is 2.05 bits per heavy atom. The third kappa shape index (κ3) is 5.02. The summed E-state index contributed by atoms with van der Waals surface area (Å²) in [4.78, 5) is 22.0. The van der Waals surface area contributed by atoms with Crippen LogP contribution in [0.2, 0.25) is 5.02 Å². The third-order valence-corrected chi connectivity index (χ3v) is 3.45. The highest BCUT2D eigenvalue weighted by Gasteiger charge is 2.31. The third-order valence-electron chi connectivity index (χ3n) is 3.26. The smallest absolute Gasteiger partial charge is 0.410 e. The van der Waals surface area contributed by atoms with E-state index in [0.717, 1.165) is 19.3 Å². The first-order chi connectivity index (χ1) is 10.3. The Labute approximate surface area is 135 Å². The Kier molecular flexibility index (Phi) is 5.45. The molecule has 0 aromatic carbocycles. The lowest BCUT2D eigenvalue weighted by Gasteiger charge is -2.36. The van der Waals surface area contributed by atoms with Crippen molar-refractivity contribution in [2.24, 2.45) is 0 Å². The average molecular weight is 328 g/mol. The maximum atomic E-state index is 12.3. The molecule has 0 N–H and O–H groups in total. The van der Waals surface area contributed by atoms with E-state index in [-0.39, 0.29) is 18.1 Å². The summed E-state index contributed by atoms with van der Waals surface area (Å²) in [6.45, 7) is 6.62. The summed E-state index contributed by atoms with van der Waals surface area (Å²) in [5, 5.41) is 0.459. The molecule has 0 spiro atoms. The van der Waals surface area contributed by atoms with Gasteiger partial charge in [-0.15, -0.1) is 0 Å². The Bertz CT molecular complexity index is 502. The number of likely N-dealkylation sites (tertiary alicyclic amines) is 1. The zero-order valence-corrected chi connectivity index (χ0v) is 14.0. The van der Waals surface area contributed by atoms with Crippen molar-refractivity contribution in [2.75, 3.05) is 13.2 Å². The molecule has 1 amide bonds. The fraction of sp³-hybridized carbons (Fsp3) is 0.667. The van der Waals surface area contributed by atoms with Crippen molar-refractivity contribution in [3.63, 3.8) is 0 Å². The quantitative estimate of drug-likeness (QED) is 0.852. The van der Waals surface area contributed by atoms with Crippen molar-refractivity contribution in [3.8, 4) is 6.01 Å². The van der Waals surface area contributed by atoms with E-state index in [4.69, 9.17) is 21.1 Å². The molecular formula is C15H22ClN3O3. The van der Waals surface area contributed by atoms with Gasteiger partial charge in [0.1, 0.15) is 12.2 Å². The topological polar surface area (TPSA) is 64.5 Å². The van der Waals surface area contributed by atoms with E-state index in [1.165, 1.54) is 12.4 Å². The van der Waals surface area contributed by atoms with Crippen LogP contribution in [0.1, 0.15) is 40.0 Å². The molecule has 2 heterocycles. The molecule has 2 rings (SSSR count). The molecule has 0 aliphatic carbocycles. The van der Waals surface area contributed by atoms with E-state index in [9.17, 15) is 4.79 Å². The van der Waals surface area contributed by atoms with Crippen LogP contribution in [-0.4, -0.2) is 45.8 Å². The monoisotopic (exact) mass is 327 g/mol. The van der Waals surface area contributed by atoms with Crippen molar-refractivity contribution in [2.45, 2.75) is 51.7 Å². The minimum Gasteiger partial charge on any atom is -0.461 e. The number of aromatic nitrogens is 2. The van der Waals surface area contributed by atoms with Gasteiger partial charge in [-0.25, -0.2) is 14.8 Å². The molecule has 1 aliphatic heterocycles. The van der Waals surface area contributed by atoms with Gasteiger partial charge in [-0.1, -0.05) is 11.6 Å². The van der Waals surface area contributed by atoms with Crippen molar-refractivity contribution >= 4 is 17.7 Å². The Hall–Kier alpha value is -1.56. The van der Waals surface area contributed by atoms with Crippen molar-refractivity contribution < 1.29 is 14.3 Å². The number of rotatable bonds is 3. The highest BCUT2D eigenvalue weighted by atomic mass is 35.5. The predicted molar refractivity (Wildman–Crippen MR) is 83.1 cm³/mol. The summed E-state index contributed by atoms with van der Waals surface area (Å²) in [5.74, 6) is 0. The van der Waals surface area contributed by atoms with Crippen LogP contribution in [0.3, 0.4) is 0 Å². The number of hydrogen-bond donors (Lipinski definition) is 0. The molecule has 0 bridgehead atoms. The normalized spacial score (nSPS) is 18.9. The number of carbonyl (C=O) groups is 1. The summed E-state index contributed by atoms with van der Waals surface area (Å²) >= 11 is 5.74. The Morgan fingerprint density at radius 1 is 1.36 bits per heavy atom. The van der Waals surface area contributed by atoms with Crippen LogP contribution in [0.25, 0.3) is 0 Å². The molecule has 0 unspecified atom stereocenters. The largest absolute Gasteiger partial charge is 0.461 e. The van der Waals surface area contributed by atoms with Crippen molar-refractivity contribution in [1.82, 2.24) is 14.9 Å². The molecule has 1 aliphatic rings. The maximum Gasteiger partial charge on any atom is 0.410 e. The van der Waals surface area contributed by atoms with Crippen LogP contribution in [0.5, 0.6) is 6.01 Å². The first-order valence-corrected chi connectivity index (χ1v) is 7.83. The SMILES string of the molecule is CC(C)(C)OC(=O)N1CCCC[C@@H]1COc1ncc(Cl)cn1. The second-order valence-corrected chi connectivity index (χ2v) is 6.75. The van der Waals surface area contributed by atoms with Gasteiger partial charge in [-0.2, -0.15) is 0 Å². The van der Waals surface area contributed by atoms with Crippen molar-refractivity contribution in [3.05, 3.63) is 17.4 Å². The lowest BCUT2D eigenvalue weighted by atomic mass is 10.0. The van der Waals surface area contributed by atoms with Gasteiger partial charge >= 0.3 is 12.1 Å². The maximum absolute atomic E-state index is 12.3. The van der Waals surface area contributed by atoms with Gasteiger partial charge in [0.25, 0.3) is 0 Å². The molecular weight excluding hydrogens is 306 g/mol. The van der Waals surface area contributed by atoms with Crippen LogP contribution in [0.15, 0.2) is 12.4 Å². The Balaban J connectivity index is 1.94. The van der Waals surface area contributed by atoms with E-state index < -0.39 is 5.60 Å². The molecule has 1 aromatic rings. The van der Waals surface area contributed by atoms with Crippen LogP contribution in [-0.2, 0) is 4.74 Å². The number of halogens is 1. The molecule has 122 valence electrons. The molecule has 7 heteroatoms. The van der Waals surface area contributed by atoms with E-state index in [1.807, 2.05) is 20.8 Å².